The van der Waals surface area contributed by atoms with Crippen molar-refractivity contribution in [2.75, 3.05) is 12.3 Å². The van der Waals surface area contributed by atoms with Crippen LogP contribution in [0.5, 0.6) is 11.5 Å². The summed E-state index contributed by atoms with van der Waals surface area (Å²) in [4.78, 5) is 14.9. The van der Waals surface area contributed by atoms with Gasteiger partial charge in [-0.1, -0.05) is 11.6 Å². The molecular weight excluding hydrogens is 364 g/mol. The van der Waals surface area contributed by atoms with Gasteiger partial charge >= 0.3 is 0 Å². The number of nitrogen functional groups attached to an aromatic ring is 1. The van der Waals surface area contributed by atoms with Gasteiger partial charge in [-0.2, -0.15) is 5.10 Å². The first-order valence-corrected chi connectivity index (χ1v) is 9.34. The van der Waals surface area contributed by atoms with Crippen molar-refractivity contribution in [3.8, 4) is 11.5 Å². The van der Waals surface area contributed by atoms with E-state index >= 15 is 0 Å². The Bertz CT molecular complexity index is 1030. The van der Waals surface area contributed by atoms with Gasteiger partial charge in [-0.3, -0.25) is 4.79 Å². The Morgan fingerprint density at radius 2 is 2.19 bits per heavy atom. The molecule has 4 rings (SSSR count). The van der Waals surface area contributed by atoms with Gasteiger partial charge in [-0.05, 0) is 44.4 Å². The fraction of sp³-hybridized carbons (Fsp3) is 0.300. The number of hydrogen-bond acceptors (Lipinski definition) is 4. The topological polar surface area (TPSA) is 72.9 Å². The van der Waals surface area contributed by atoms with Crippen molar-refractivity contribution in [2.45, 2.75) is 32.7 Å². The predicted octanol–water partition coefficient (Wildman–Crippen LogP) is 4.30. The molecule has 1 saturated heterocycles. The molecule has 0 saturated carbocycles. The number of carbonyl (C=O) groups is 1. The van der Waals surface area contributed by atoms with Crippen LogP contribution in [0.25, 0.3) is 5.52 Å². The van der Waals surface area contributed by atoms with Crippen molar-refractivity contribution in [3.63, 3.8) is 0 Å². The maximum atomic E-state index is 13.0. The summed E-state index contributed by atoms with van der Waals surface area (Å²) < 4.78 is 7.71. The second kappa shape index (κ2) is 6.78. The molecule has 0 bridgehead atoms. The number of likely N-dealkylation sites (tertiary alicyclic amines) is 1. The summed E-state index contributed by atoms with van der Waals surface area (Å²) in [6, 6.07) is 7.17. The summed E-state index contributed by atoms with van der Waals surface area (Å²) in [7, 11) is 0. The van der Waals surface area contributed by atoms with E-state index in [1.54, 1.807) is 41.2 Å². The summed E-state index contributed by atoms with van der Waals surface area (Å²) in [5.74, 6) is 1.23. The molecule has 7 heteroatoms. The number of ether oxygens (including phenoxy) is 1. The number of benzene rings is 1. The van der Waals surface area contributed by atoms with Crippen molar-refractivity contribution >= 4 is 28.7 Å². The molecule has 2 aromatic heterocycles. The third-order valence-corrected chi connectivity index (χ3v) is 5.46. The van der Waals surface area contributed by atoms with E-state index in [1.807, 2.05) is 11.8 Å². The molecule has 27 heavy (non-hydrogen) atoms. The molecule has 1 aromatic carbocycles. The summed E-state index contributed by atoms with van der Waals surface area (Å²) in [5, 5.41) is 4.78. The number of aromatic nitrogens is 2. The van der Waals surface area contributed by atoms with Crippen molar-refractivity contribution in [1.82, 2.24) is 14.5 Å². The average molecular weight is 385 g/mol. The van der Waals surface area contributed by atoms with Crippen LogP contribution in [0.4, 0.5) is 5.69 Å². The molecule has 3 aromatic rings. The minimum atomic E-state index is 0.0458. The Balaban J connectivity index is 1.73. The van der Waals surface area contributed by atoms with Gasteiger partial charge in [-0.15, -0.1) is 0 Å². The largest absolute Gasteiger partial charge is 0.455 e. The predicted molar refractivity (Wildman–Crippen MR) is 106 cm³/mol. The quantitative estimate of drug-likeness (QED) is 0.683. The van der Waals surface area contributed by atoms with Gasteiger partial charge in [0.25, 0.3) is 5.91 Å². The highest BCUT2D eigenvalue weighted by molar-refractivity contribution is 6.33. The van der Waals surface area contributed by atoms with Crippen LogP contribution in [0, 0.1) is 6.92 Å². The first-order valence-electron chi connectivity index (χ1n) is 8.96. The second-order valence-corrected chi connectivity index (χ2v) is 7.34. The van der Waals surface area contributed by atoms with Gasteiger partial charge in [0.05, 0.1) is 22.5 Å². The zero-order chi connectivity index (χ0) is 19.1. The molecule has 0 radical (unpaired) electrons. The highest BCUT2D eigenvalue weighted by Gasteiger charge is 2.28. The maximum Gasteiger partial charge on any atom is 0.256 e. The third kappa shape index (κ3) is 3.10. The molecule has 1 amide bonds. The maximum absolute atomic E-state index is 13.0. The van der Waals surface area contributed by atoms with Crippen molar-refractivity contribution in [3.05, 3.63) is 52.8 Å². The monoisotopic (exact) mass is 384 g/mol. The van der Waals surface area contributed by atoms with Crippen LogP contribution in [0.3, 0.4) is 0 Å². The van der Waals surface area contributed by atoms with Gasteiger partial charge in [0.15, 0.2) is 5.75 Å². The Hall–Kier alpha value is -2.73. The van der Waals surface area contributed by atoms with E-state index < -0.39 is 0 Å². The molecule has 1 aliphatic heterocycles. The van der Waals surface area contributed by atoms with E-state index in [4.69, 9.17) is 22.1 Å². The molecule has 0 aliphatic carbocycles. The summed E-state index contributed by atoms with van der Waals surface area (Å²) in [6.45, 7) is 4.81. The summed E-state index contributed by atoms with van der Waals surface area (Å²) >= 11 is 6.09. The number of amides is 1. The standard InChI is InChI=1S/C20H21ClN4O2/c1-12-4-3-9-24(12)20(26)15-11-25-19(13(15)2)18(7-8-23-25)27-14-5-6-17(22)16(21)10-14/h5-8,10-12H,3-4,9,22H2,1-2H3. The number of nitrogens with zero attached hydrogens (tertiary/aromatic N) is 3. The SMILES string of the molecule is Cc1c(C(=O)N2CCCC2C)cn2nccc(Oc3ccc(N)c(Cl)c3)c12. The molecule has 6 nitrogen and oxygen atoms in total. The van der Waals surface area contributed by atoms with Crippen LogP contribution in [-0.4, -0.2) is 33.0 Å². The Labute approximate surface area is 162 Å². The fourth-order valence-corrected chi connectivity index (χ4v) is 3.78. The smallest absolute Gasteiger partial charge is 0.256 e. The highest BCUT2D eigenvalue weighted by Crippen LogP contribution is 2.33. The lowest BCUT2D eigenvalue weighted by molar-refractivity contribution is 0.0747. The summed E-state index contributed by atoms with van der Waals surface area (Å²) in [6.07, 6.45) is 5.51. The fourth-order valence-electron chi connectivity index (χ4n) is 3.61. The molecule has 0 spiro atoms. The number of nitrogens with two attached hydrogens (primary N) is 1. The molecule has 1 aliphatic rings. The number of anilines is 1. The number of fused-ring (bicyclic) bond motifs is 1. The third-order valence-electron chi connectivity index (χ3n) is 5.13. The van der Waals surface area contributed by atoms with E-state index in [9.17, 15) is 4.79 Å². The van der Waals surface area contributed by atoms with Gasteiger partial charge < -0.3 is 15.4 Å². The van der Waals surface area contributed by atoms with E-state index in [0.29, 0.717) is 27.8 Å². The minimum Gasteiger partial charge on any atom is -0.455 e. The Morgan fingerprint density at radius 1 is 1.37 bits per heavy atom. The lowest BCUT2D eigenvalue weighted by Gasteiger charge is -2.21. The Kier molecular flexibility index (Phi) is 4.44. The highest BCUT2D eigenvalue weighted by atomic mass is 35.5. The van der Waals surface area contributed by atoms with Crippen molar-refractivity contribution in [2.24, 2.45) is 0 Å². The number of rotatable bonds is 3. The van der Waals surface area contributed by atoms with Crippen LogP contribution in [0.15, 0.2) is 36.7 Å². The summed E-state index contributed by atoms with van der Waals surface area (Å²) in [5.41, 5.74) is 8.53. The second-order valence-electron chi connectivity index (χ2n) is 6.93. The number of aryl methyl sites for hydroxylation is 1. The molecule has 2 N–H and O–H groups in total. The number of carbonyl (C=O) groups excluding carboxylic acids is 1. The minimum absolute atomic E-state index is 0.0458. The molecular formula is C20H21ClN4O2. The van der Waals surface area contributed by atoms with Gasteiger partial charge in [0.2, 0.25) is 0 Å². The normalized spacial score (nSPS) is 16.9. The number of halogens is 1. The lowest BCUT2D eigenvalue weighted by atomic mass is 10.1. The molecule has 1 unspecified atom stereocenters. The van der Waals surface area contributed by atoms with E-state index in [2.05, 4.69) is 12.0 Å². The van der Waals surface area contributed by atoms with Crippen LogP contribution >= 0.6 is 11.6 Å². The molecule has 1 fully saturated rings. The van der Waals surface area contributed by atoms with Crippen molar-refractivity contribution < 1.29 is 9.53 Å². The van der Waals surface area contributed by atoms with Gasteiger partial charge in [0, 0.05) is 30.9 Å². The van der Waals surface area contributed by atoms with E-state index in [0.717, 1.165) is 30.5 Å². The van der Waals surface area contributed by atoms with Crippen LogP contribution < -0.4 is 10.5 Å². The Morgan fingerprint density at radius 3 is 2.89 bits per heavy atom. The zero-order valence-electron chi connectivity index (χ0n) is 15.3. The number of hydrogen-bond donors (Lipinski definition) is 1. The van der Waals surface area contributed by atoms with Gasteiger partial charge in [0.1, 0.15) is 11.3 Å². The van der Waals surface area contributed by atoms with E-state index in [1.165, 1.54) is 0 Å². The van der Waals surface area contributed by atoms with Gasteiger partial charge in [-0.25, -0.2) is 4.52 Å². The lowest BCUT2D eigenvalue weighted by Crippen LogP contribution is -2.33. The molecule has 3 heterocycles. The zero-order valence-corrected chi connectivity index (χ0v) is 16.0. The van der Waals surface area contributed by atoms with Crippen LogP contribution in [-0.2, 0) is 0 Å². The van der Waals surface area contributed by atoms with E-state index in [-0.39, 0.29) is 11.9 Å². The first-order chi connectivity index (χ1) is 13.0. The molecule has 140 valence electrons. The first kappa shape index (κ1) is 17.7. The van der Waals surface area contributed by atoms with Crippen molar-refractivity contribution in [1.29, 1.82) is 0 Å². The average Bonchev–Trinajstić information content (AvgIpc) is 3.22. The molecule has 1 atom stereocenters. The van der Waals surface area contributed by atoms with Crippen LogP contribution in [0.1, 0.15) is 35.7 Å². The van der Waals surface area contributed by atoms with Crippen LogP contribution in [0.2, 0.25) is 5.02 Å².